The summed E-state index contributed by atoms with van der Waals surface area (Å²) in [5.41, 5.74) is 3.62. The molecule has 0 amide bonds. The molecule has 3 aromatic rings. The topological polar surface area (TPSA) is 71.8 Å². The molecule has 1 aliphatic heterocycles. The molecule has 1 N–H and O–H groups in total. The Hall–Kier alpha value is -2.49. The van der Waals surface area contributed by atoms with Gasteiger partial charge in [-0.1, -0.05) is 23.7 Å². The zero-order chi connectivity index (χ0) is 27.4. The van der Waals surface area contributed by atoms with Crippen LogP contribution in [0.4, 0.5) is 14.5 Å². The van der Waals surface area contributed by atoms with Crippen molar-refractivity contribution < 1.29 is 27.6 Å². The first-order chi connectivity index (χ1) is 17.2. The van der Waals surface area contributed by atoms with E-state index in [0.717, 1.165) is 22.2 Å². The first kappa shape index (κ1) is 27.5. The molecule has 0 bridgehead atoms. The van der Waals surface area contributed by atoms with Crippen molar-refractivity contribution in [3.05, 3.63) is 52.2 Å². The zero-order valence-electron chi connectivity index (χ0n) is 21.6. The SMILES string of the molecule is Cc1c([C@H](OC(C)(C)C)C(=O)O)c(-c2ccc(Cl)cc2)c2cc(C)n3c2c1N(S(C)=O)[C@@H](CC(F)F)C3. The Morgan fingerprint density at radius 1 is 1.24 bits per heavy atom. The molecule has 0 radical (unpaired) electrons. The van der Waals surface area contributed by atoms with E-state index in [-0.39, 0.29) is 6.54 Å². The Morgan fingerprint density at radius 3 is 2.38 bits per heavy atom. The summed E-state index contributed by atoms with van der Waals surface area (Å²) in [7, 11) is -1.64. The van der Waals surface area contributed by atoms with Gasteiger partial charge in [0.25, 0.3) is 0 Å². The van der Waals surface area contributed by atoms with Gasteiger partial charge in [-0.25, -0.2) is 17.8 Å². The van der Waals surface area contributed by atoms with Crippen molar-refractivity contribution in [1.82, 2.24) is 4.57 Å². The maximum absolute atomic E-state index is 13.6. The van der Waals surface area contributed by atoms with Gasteiger partial charge in [0.2, 0.25) is 6.43 Å². The molecule has 2 aromatic carbocycles. The summed E-state index contributed by atoms with van der Waals surface area (Å²) in [4.78, 5) is 12.7. The number of aromatic nitrogens is 1. The third-order valence-electron chi connectivity index (χ3n) is 6.59. The highest BCUT2D eigenvalue weighted by molar-refractivity contribution is 7.85. The van der Waals surface area contributed by atoms with Gasteiger partial charge in [-0.05, 0) is 69.5 Å². The number of ether oxygens (including phenoxy) is 1. The molecule has 3 atom stereocenters. The number of alkyl halides is 2. The van der Waals surface area contributed by atoms with Crippen LogP contribution in [-0.4, -0.2) is 44.2 Å². The maximum Gasteiger partial charge on any atom is 0.337 e. The van der Waals surface area contributed by atoms with Crippen molar-refractivity contribution >= 4 is 45.1 Å². The molecule has 0 saturated heterocycles. The van der Waals surface area contributed by atoms with Crippen LogP contribution in [0.25, 0.3) is 22.0 Å². The number of carboxylic acid groups (broad SMARTS) is 1. The fourth-order valence-corrected chi connectivity index (χ4v) is 6.47. The van der Waals surface area contributed by atoms with E-state index in [2.05, 4.69) is 0 Å². The summed E-state index contributed by atoms with van der Waals surface area (Å²) >= 11 is 6.16. The van der Waals surface area contributed by atoms with E-state index in [9.17, 15) is 22.9 Å². The lowest BCUT2D eigenvalue weighted by atomic mass is 9.87. The van der Waals surface area contributed by atoms with Gasteiger partial charge in [-0.3, -0.25) is 4.31 Å². The average molecular weight is 553 g/mol. The molecule has 1 unspecified atom stereocenters. The van der Waals surface area contributed by atoms with Crippen LogP contribution in [0.2, 0.25) is 5.02 Å². The van der Waals surface area contributed by atoms with Gasteiger partial charge in [-0.15, -0.1) is 0 Å². The van der Waals surface area contributed by atoms with Gasteiger partial charge < -0.3 is 14.4 Å². The normalized spacial score (nSPS) is 17.5. The molecular weight excluding hydrogens is 522 g/mol. The van der Waals surface area contributed by atoms with Crippen LogP contribution in [0.3, 0.4) is 0 Å². The summed E-state index contributed by atoms with van der Waals surface area (Å²) in [5.74, 6) is -1.18. The Kier molecular flexibility index (Phi) is 7.44. The minimum atomic E-state index is -2.59. The van der Waals surface area contributed by atoms with Crippen molar-refractivity contribution in [2.75, 3.05) is 10.6 Å². The smallest absolute Gasteiger partial charge is 0.337 e. The standard InChI is InChI=1S/C27H31ClF2N2O4S/c1-14-11-19-22(16-7-9-17(28)10-8-16)21(25(26(33)34)36-27(3,4)5)15(2)23-24(19)31(14)13-18(12-20(29)30)32(23)37(6)35/h7-11,18,20,25H,12-13H2,1-6H3,(H,33,34)/t18-,25-,37?/m0/s1. The van der Waals surface area contributed by atoms with Crippen LogP contribution in [0.1, 0.15) is 50.1 Å². The second-order valence-electron chi connectivity index (χ2n) is 10.4. The van der Waals surface area contributed by atoms with E-state index in [1.807, 2.05) is 29.7 Å². The fraction of sp³-hybridized carbons (Fsp3) is 0.444. The van der Waals surface area contributed by atoms with Crippen molar-refractivity contribution in [2.45, 2.75) is 71.8 Å². The van der Waals surface area contributed by atoms with Crippen LogP contribution < -0.4 is 4.31 Å². The average Bonchev–Trinajstić information content (AvgIpc) is 3.09. The number of carbonyl (C=O) groups is 1. The first-order valence-corrected chi connectivity index (χ1v) is 13.8. The number of rotatable bonds is 7. The molecule has 2 heterocycles. The molecule has 4 rings (SSSR count). The highest BCUT2D eigenvalue weighted by Gasteiger charge is 2.39. The molecule has 10 heteroatoms. The van der Waals surface area contributed by atoms with Crippen molar-refractivity contribution in [3.63, 3.8) is 0 Å². The number of halogens is 3. The quantitative estimate of drug-likeness (QED) is 0.356. The van der Waals surface area contributed by atoms with E-state index in [0.29, 0.717) is 27.4 Å². The molecular formula is C27H31ClF2N2O4S. The summed E-state index contributed by atoms with van der Waals surface area (Å²) in [6.45, 7) is 9.21. The summed E-state index contributed by atoms with van der Waals surface area (Å²) in [5, 5.41) is 11.6. The lowest BCUT2D eigenvalue weighted by Gasteiger charge is -2.39. The van der Waals surface area contributed by atoms with E-state index < -0.39 is 47.5 Å². The molecule has 0 saturated carbocycles. The lowest BCUT2D eigenvalue weighted by Crippen LogP contribution is -2.44. The molecule has 0 aliphatic carbocycles. The van der Waals surface area contributed by atoms with Crippen LogP contribution in [0.15, 0.2) is 30.3 Å². The van der Waals surface area contributed by atoms with E-state index in [1.54, 1.807) is 39.8 Å². The largest absolute Gasteiger partial charge is 0.479 e. The third kappa shape index (κ3) is 5.13. The zero-order valence-corrected chi connectivity index (χ0v) is 23.2. The second-order valence-corrected chi connectivity index (χ2v) is 12.1. The van der Waals surface area contributed by atoms with E-state index in [1.165, 1.54) is 10.6 Å². The molecule has 37 heavy (non-hydrogen) atoms. The minimum absolute atomic E-state index is 0.242. The van der Waals surface area contributed by atoms with Crippen LogP contribution >= 0.6 is 11.6 Å². The van der Waals surface area contributed by atoms with Crippen LogP contribution in [0.5, 0.6) is 0 Å². The molecule has 1 aliphatic rings. The van der Waals surface area contributed by atoms with Gasteiger partial charge >= 0.3 is 5.97 Å². The van der Waals surface area contributed by atoms with Crippen LogP contribution in [-0.2, 0) is 27.1 Å². The predicted octanol–water partition coefficient (Wildman–Crippen LogP) is 6.66. The number of nitrogens with zero attached hydrogens (tertiary/aromatic N) is 2. The number of benzene rings is 2. The summed E-state index contributed by atoms with van der Waals surface area (Å²) < 4.78 is 49.9. The maximum atomic E-state index is 13.6. The number of aryl methyl sites for hydroxylation is 1. The number of carboxylic acids is 1. The van der Waals surface area contributed by atoms with Crippen molar-refractivity contribution in [3.8, 4) is 11.1 Å². The van der Waals surface area contributed by atoms with E-state index >= 15 is 0 Å². The highest BCUT2D eigenvalue weighted by Crippen LogP contribution is 2.49. The van der Waals surface area contributed by atoms with Gasteiger partial charge in [-0.2, -0.15) is 0 Å². The fourth-order valence-electron chi connectivity index (χ4n) is 5.29. The molecule has 1 aromatic heterocycles. The van der Waals surface area contributed by atoms with Gasteiger partial charge in [0, 0.05) is 40.9 Å². The molecule has 200 valence electrons. The Morgan fingerprint density at radius 2 is 1.86 bits per heavy atom. The second kappa shape index (κ2) is 10.0. The molecule has 0 fully saturated rings. The summed E-state index contributed by atoms with van der Waals surface area (Å²) in [6.07, 6.45) is -2.96. The number of hydrogen-bond acceptors (Lipinski definition) is 3. The van der Waals surface area contributed by atoms with Crippen molar-refractivity contribution in [1.29, 1.82) is 0 Å². The Balaban J connectivity index is 2.17. The van der Waals surface area contributed by atoms with E-state index in [4.69, 9.17) is 16.3 Å². The Bertz CT molecular complexity index is 1380. The number of aliphatic carboxylic acids is 1. The number of anilines is 1. The highest BCUT2D eigenvalue weighted by atomic mass is 35.5. The van der Waals surface area contributed by atoms with Gasteiger partial charge in [0.15, 0.2) is 6.10 Å². The predicted molar refractivity (Wildman–Crippen MR) is 144 cm³/mol. The van der Waals surface area contributed by atoms with Gasteiger partial charge in [0.05, 0.1) is 22.8 Å². The number of hydrogen-bond donors (Lipinski definition) is 1. The van der Waals surface area contributed by atoms with Crippen molar-refractivity contribution in [2.24, 2.45) is 0 Å². The Labute approximate surface area is 222 Å². The molecule has 6 nitrogen and oxygen atoms in total. The minimum Gasteiger partial charge on any atom is -0.479 e. The van der Waals surface area contributed by atoms with Gasteiger partial charge in [0.1, 0.15) is 11.0 Å². The van der Waals surface area contributed by atoms with Crippen LogP contribution in [0, 0.1) is 13.8 Å². The third-order valence-corrected chi connectivity index (χ3v) is 7.88. The first-order valence-electron chi connectivity index (χ1n) is 11.9. The summed E-state index contributed by atoms with van der Waals surface area (Å²) in [6, 6.07) is 8.32. The lowest BCUT2D eigenvalue weighted by molar-refractivity contribution is -0.160. The molecule has 0 spiro atoms. The monoisotopic (exact) mass is 552 g/mol.